The summed E-state index contributed by atoms with van der Waals surface area (Å²) in [6, 6.07) is 7.19. The molecule has 0 heterocycles. The van der Waals surface area contributed by atoms with Crippen LogP contribution in [0.5, 0.6) is 0 Å². The first-order chi connectivity index (χ1) is 6.88. The van der Waals surface area contributed by atoms with Crippen LogP contribution in [-0.4, -0.2) is 13.2 Å². The third kappa shape index (κ3) is 2.60. The monoisotopic (exact) mass is 239 g/mol. The molecule has 0 aromatic heterocycles. The Kier molecular flexibility index (Phi) is 3.56. The molecule has 0 bridgehead atoms. The van der Waals surface area contributed by atoms with Gasteiger partial charge in [0, 0.05) is 5.02 Å². The van der Waals surface area contributed by atoms with Crippen LogP contribution < -0.4 is 5.19 Å². The minimum absolute atomic E-state index is 0.654. The van der Waals surface area contributed by atoms with Crippen molar-refractivity contribution in [2.24, 2.45) is 0 Å². The van der Waals surface area contributed by atoms with Crippen LogP contribution in [0.15, 0.2) is 18.2 Å². The zero-order valence-electron chi connectivity index (χ0n) is 9.08. The maximum atomic E-state index is 9.60. The third-order valence-corrected chi connectivity index (χ3v) is 4.74. The maximum Gasteiger partial charge on any atom is 0.165 e. The van der Waals surface area contributed by atoms with Crippen molar-refractivity contribution in [2.45, 2.75) is 25.7 Å². The van der Waals surface area contributed by atoms with E-state index in [-0.39, 0.29) is 0 Å². The van der Waals surface area contributed by atoms with Gasteiger partial charge in [0.25, 0.3) is 0 Å². The fourth-order valence-electron chi connectivity index (χ4n) is 1.63. The molecule has 1 atom stereocenters. The minimum atomic E-state index is -1.64. The van der Waals surface area contributed by atoms with Crippen LogP contribution in [0.2, 0.25) is 24.7 Å². The Balaban J connectivity index is 3.41. The third-order valence-electron chi connectivity index (χ3n) is 2.21. The number of hydrogen-bond acceptors (Lipinski definition) is 2. The van der Waals surface area contributed by atoms with E-state index >= 15 is 0 Å². The Labute approximate surface area is 96.1 Å². The average molecular weight is 240 g/mol. The van der Waals surface area contributed by atoms with Crippen LogP contribution in [0, 0.1) is 11.3 Å². The summed E-state index contributed by atoms with van der Waals surface area (Å²) < 4.78 is 0. The molecule has 4 heteroatoms. The van der Waals surface area contributed by atoms with Crippen LogP contribution in [0.3, 0.4) is 0 Å². The molecule has 0 aliphatic heterocycles. The first-order valence-corrected chi connectivity index (χ1v) is 8.62. The summed E-state index contributed by atoms with van der Waals surface area (Å²) in [5.41, 5.74) is 0.657. The maximum absolute atomic E-state index is 9.60. The van der Waals surface area contributed by atoms with Crippen molar-refractivity contribution in [3.05, 3.63) is 28.8 Å². The SMILES string of the molecule is C[Si](C)(C)c1c(Cl)cccc1C(O)C#N. The summed E-state index contributed by atoms with van der Waals surface area (Å²) in [6.07, 6.45) is -1.08. The lowest BCUT2D eigenvalue weighted by molar-refractivity contribution is 0.237. The number of rotatable bonds is 2. The van der Waals surface area contributed by atoms with Gasteiger partial charge in [-0.3, -0.25) is 0 Å². The summed E-state index contributed by atoms with van der Waals surface area (Å²) in [5, 5.41) is 20.0. The fraction of sp³-hybridized carbons (Fsp3) is 0.364. The van der Waals surface area contributed by atoms with Crippen molar-refractivity contribution in [1.29, 1.82) is 5.26 Å². The van der Waals surface area contributed by atoms with E-state index < -0.39 is 14.2 Å². The molecule has 1 aromatic rings. The second-order valence-electron chi connectivity index (χ2n) is 4.49. The Morgan fingerprint density at radius 2 is 2.00 bits per heavy atom. The number of benzene rings is 1. The highest BCUT2D eigenvalue weighted by Crippen LogP contribution is 2.20. The Morgan fingerprint density at radius 1 is 1.40 bits per heavy atom. The van der Waals surface area contributed by atoms with Crippen molar-refractivity contribution in [3.8, 4) is 6.07 Å². The van der Waals surface area contributed by atoms with E-state index in [1.807, 2.05) is 12.1 Å². The molecular weight excluding hydrogens is 226 g/mol. The van der Waals surface area contributed by atoms with Gasteiger partial charge in [0.15, 0.2) is 6.10 Å². The average Bonchev–Trinajstić information content (AvgIpc) is 2.14. The normalized spacial score (nSPS) is 13.3. The van der Waals surface area contributed by atoms with E-state index in [1.165, 1.54) is 0 Å². The van der Waals surface area contributed by atoms with Crippen molar-refractivity contribution >= 4 is 24.9 Å². The van der Waals surface area contributed by atoms with Gasteiger partial charge in [0.05, 0.1) is 14.1 Å². The van der Waals surface area contributed by atoms with Crippen LogP contribution in [0.4, 0.5) is 0 Å². The molecule has 0 aliphatic rings. The van der Waals surface area contributed by atoms with Gasteiger partial charge in [-0.25, -0.2) is 0 Å². The van der Waals surface area contributed by atoms with Gasteiger partial charge in [-0.2, -0.15) is 5.26 Å². The van der Waals surface area contributed by atoms with E-state index in [4.69, 9.17) is 16.9 Å². The molecule has 1 aromatic carbocycles. The molecule has 0 radical (unpaired) electrons. The second kappa shape index (κ2) is 4.36. The van der Waals surface area contributed by atoms with Gasteiger partial charge < -0.3 is 5.11 Å². The first-order valence-electron chi connectivity index (χ1n) is 4.74. The molecule has 0 aliphatic carbocycles. The topological polar surface area (TPSA) is 44.0 Å². The van der Waals surface area contributed by atoms with Crippen LogP contribution in [0.1, 0.15) is 11.7 Å². The lowest BCUT2D eigenvalue weighted by atomic mass is 10.1. The molecule has 1 unspecified atom stereocenters. The minimum Gasteiger partial charge on any atom is -0.374 e. The van der Waals surface area contributed by atoms with Gasteiger partial charge in [0.1, 0.15) is 0 Å². The highest BCUT2D eigenvalue weighted by Gasteiger charge is 2.25. The molecular formula is C11H14ClNOSi. The number of aliphatic hydroxyl groups is 1. The highest BCUT2D eigenvalue weighted by atomic mass is 35.5. The van der Waals surface area contributed by atoms with Gasteiger partial charge >= 0.3 is 0 Å². The number of nitrogens with zero attached hydrogens (tertiary/aromatic N) is 1. The predicted molar refractivity (Wildman–Crippen MR) is 65.0 cm³/mol. The quantitative estimate of drug-likeness (QED) is 0.637. The Morgan fingerprint density at radius 3 is 2.47 bits per heavy atom. The Bertz CT molecular complexity index is 406. The van der Waals surface area contributed by atoms with Crippen molar-refractivity contribution in [1.82, 2.24) is 0 Å². The van der Waals surface area contributed by atoms with E-state index in [9.17, 15) is 5.11 Å². The lowest BCUT2D eigenvalue weighted by Gasteiger charge is -2.23. The van der Waals surface area contributed by atoms with E-state index in [2.05, 4.69) is 19.6 Å². The number of halogens is 1. The molecule has 2 nitrogen and oxygen atoms in total. The second-order valence-corrected chi connectivity index (χ2v) is 9.89. The summed E-state index contributed by atoms with van der Waals surface area (Å²) in [6.45, 7) is 6.42. The van der Waals surface area contributed by atoms with E-state index in [1.54, 1.807) is 12.1 Å². The standard InChI is InChI=1S/C11H14ClNOSi/c1-15(2,3)11-8(10(14)7-13)5-4-6-9(11)12/h4-6,10,14H,1-3H3. The molecule has 1 N–H and O–H groups in total. The predicted octanol–water partition coefficient (Wildman–Crippen LogP) is 2.44. The molecule has 15 heavy (non-hydrogen) atoms. The fourth-order valence-corrected chi connectivity index (χ4v) is 4.55. The van der Waals surface area contributed by atoms with E-state index in [0.29, 0.717) is 10.6 Å². The largest absolute Gasteiger partial charge is 0.374 e. The molecule has 0 amide bonds. The summed E-state index contributed by atoms with van der Waals surface area (Å²) in [4.78, 5) is 0. The van der Waals surface area contributed by atoms with Crippen molar-refractivity contribution in [2.75, 3.05) is 0 Å². The summed E-state index contributed by atoms with van der Waals surface area (Å²) >= 11 is 6.13. The molecule has 0 fully saturated rings. The summed E-state index contributed by atoms with van der Waals surface area (Å²) in [5.74, 6) is 0. The first kappa shape index (κ1) is 12.2. The summed E-state index contributed by atoms with van der Waals surface area (Å²) in [7, 11) is -1.64. The molecule has 0 saturated heterocycles. The highest BCUT2D eigenvalue weighted by molar-refractivity contribution is 6.90. The molecule has 80 valence electrons. The zero-order chi connectivity index (χ0) is 11.6. The van der Waals surface area contributed by atoms with Gasteiger partial charge in [-0.15, -0.1) is 0 Å². The molecule has 0 spiro atoms. The van der Waals surface area contributed by atoms with Crippen LogP contribution in [-0.2, 0) is 0 Å². The van der Waals surface area contributed by atoms with Gasteiger partial charge in [-0.1, -0.05) is 43.4 Å². The van der Waals surface area contributed by atoms with Crippen molar-refractivity contribution in [3.63, 3.8) is 0 Å². The lowest BCUT2D eigenvalue weighted by Crippen LogP contribution is -2.41. The van der Waals surface area contributed by atoms with E-state index in [0.717, 1.165) is 5.19 Å². The van der Waals surface area contributed by atoms with Gasteiger partial charge in [0.2, 0.25) is 0 Å². The number of aliphatic hydroxyl groups excluding tert-OH is 1. The van der Waals surface area contributed by atoms with Crippen LogP contribution in [0.25, 0.3) is 0 Å². The molecule has 1 rings (SSSR count). The zero-order valence-corrected chi connectivity index (χ0v) is 10.8. The smallest absolute Gasteiger partial charge is 0.165 e. The van der Waals surface area contributed by atoms with Crippen molar-refractivity contribution < 1.29 is 5.11 Å². The van der Waals surface area contributed by atoms with Crippen LogP contribution >= 0.6 is 11.6 Å². The van der Waals surface area contributed by atoms with Gasteiger partial charge in [-0.05, 0) is 16.8 Å². The molecule has 0 saturated carbocycles. The number of nitriles is 1. The number of hydrogen-bond donors (Lipinski definition) is 1. The Hall–Kier alpha value is -0.823.